The minimum Gasteiger partial charge on any atom is -0.460 e. The molecule has 0 bridgehead atoms. The van der Waals surface area contributed by atoms with E-state index >= 15 is 0 Å². The topological polar surface area (TPSA) is 95.4 Å². The first-order chi connectivity index (χ1) is 13.8. The Hall–Kier alpha value is -3.11. The number of amides is 1. The average molecular weight is 397 g/mol. The number of nitrogens with one attached hydrogen (secondary N) is 1. The molecule has 1 aromatic carbocycles. The summed E-state index contributed by atoms with van der Waals surface area (Å²) in [6.07, 6.45) is 0. The van der Waals surface area contributed by atoms with E-state index in [-0.39, 0.29) is 18.6 Å². The number of hydrogen-bond acceptors (Lipinski definition) is 5. The van der Waals surface area contributed by atoms with Crippen molar-refractivity contribution in [2.45, 2.75) is 33.7 Å². The summed E-state index contributed by atoms with van der Waals surface area (Å²) in [4.78, 5) is 30.4. The van der Waals surface area contributed by atoms with Gasteiger partial charge in [0.1, 0.15) is 12.3 Å². The molecule has 1 unspecified atom stereocenters. The summed E-state index contributed by atoms with van der Waals surface area (Å²) in [5.74, 6) is -0.670. The SMILES string of the molecule is CCN(C(=O)c1[nH]c(C)c(C(=O)OCCOC)c1C)C(C)c1ccc(C#N)cc1. The molecule has 0 fully saturated rings. The van der Waals surface area contributed by atoms with Crippen LogP contribution in [0.25, 0.3) is 0 Å². The lowest BCUT2D eigenvalue weighted by Crippen LogP contribution is -2.34. The van der Waals surface area contributed by atoms with Crippen LogP contribution in [-0.4, -0.2) is 48.6 Å². The van der Waals surface area contributed by atoms with Crippen LogP contribution in [0.5, 0.6) is 0 Å². The fourth-order valence-electron chi connectivity index (χ4n) is 3.31. The first-order valence-electron chi connectivity index (χ1n) is 9.51. The van der Waals surface area contributed by atoms with Crippen LogP contribution in [0.1, 0.15) is 63.1 Å². The van der Waals surface area contributed by atoms with Gasteiger partial charge in [-0.15, -0.1) is 0 Å². The van der Waals surface area contributed by atoms with Crippen LogP contribution < -0.4 is 0 Å². The molecule has 1 amide bonds. The van der Waals surface area contributed by atoms with Crippen molar-refractivity contribution in [2.24, 2.45) is 0 Å². The van der Waals surface area contributed by atoms with Crippen molar-refractivity contribution in [1.29, 1.82) is 5.26 Å². The Bertz CT molecular complexity index is 909. The second-order valence-electron chi connectivity index (χ2n) is 6.75. The van der Waals surface area contributed by atoms with E-state index in [0.717, 1.165) is 5.56 Å². The van der Waals surface area contributed by atoms with Gasteiger partial charge in [0.15, 0.2) is 0 Å². The molecule has 154 valence electrons. The lowest BCUT2D eigenvalue weighted by Gasteiger charge is -2.28. The molecular weight excluding hydrogens is 370 g/mol. The molecule has 1 atom stereocenters. The van der Waals surface area contributed by atoms with E-state index in [1.165, 1.54) is 7.11 Å². The quantitative estimate of drug-likeness (QED) is 0.543. The first-order valence-corrected chi connectivity index (χ1v) is 9.51. The number of carbonyl (C=O) groups excluding carboxylic acids is 2. The predicted octanol–water partition coefficient (Wildman–Crippen LogP) is 3.53. The molecule has 7 heteroatoms. The molecule has 1 aromatic heterocycles. The minimum atomic E-state index is -0.476. The van der Waals surface area contributed by atoms with Gasteiger partial charge in [-0.05, 0) is 51.0 Å². The zero-order valence-corrected chi connectivity index (χ0v) is 17.5. The third-order valence-corrected chi connectivity index (χ3v) is 4.97. The van der Waals surface area contributed by atoms with Crippen LogP contribution in [0.4, 0.5) is 0 Å². The van der Waals surface area contributed by atoms with Gasteiger partial charge < -0.3 is 19.4 Å². The maximum absolute atomic E-state index is 13.3. The maximum Gasteiger partial charge on any atom is 0.340 e. The molecule has 0 radical (unpaired) electrons. The third-order valence-electron chi connectivity index (χ3n) is 4.97. The van der Waals surface area contributed by atoms with Gasteiger partial charge in [0.05, 0.1) is 29.8 Å². The van der Waals surface area contributed by atoms with E-state index in [1.54, 1.807) is 30.9 Å². The Morgan fingerprint density at radius 1 is 1.21 bits per heavy atom. The predicted molar refractivity (Wildman–Crippen MR) is 109 cm³/mol. The number of rotatable bonds is 8. The smallest absolute Gasteiger partial charge is 0.340 e. The fourth-order valence-corrected chi connectivity index (χ4v) is 3.31. The van der Waals surface area contributed by atoms with E-state index < -0.39 is 5.97 Å². The summed E-state index contributed by atoms with van der Waals surface area (Å²) in [6, 6.07) is 9.08. The highest BCUT2D eigenvalue weighted by molar-refractivity contribution is 6.00. The minimum absolute atomic E-state index is 0.152. The number of aromatic amines is 1. The van der Waals surface area contributed by atoms with Crippen LogP contribution >= 0.6 is 0 Å². The van der Waals surface area contributed by atoms with Gasteiger partial charge >= 0.3 is 5.97 Å². The summed E-state index contributed by atoms with van der Waals surface area (Å²) in [7, 11) is 1.53. The molecule has 0 saturated heterocycles. The highest BCUT2D eigenvalue weighted by Crippen LogP contribution is 2.26. The third kappa shape index (κ3) is 4.84. The zero-order valence-electron chi connectivity index (χ0n) is 17.5. The van der Waals surface area contributed by atoms with Crippen LogP contribution in [-0.2, 0) is 9.47 Å². The lowest BCUT2D eigenvalue weighted by molar-refractivity contribution is 0.0387. The highest BCUT2D eigenvalue weighted by Gasteiger charge is 2.28. The van der Waals surface area contributed by atoms with E-state index in [1.807, 2.05) is 26.0 Å². The Morgan fingerprint density at radius 2 is 1.86 bits per heavy atom. The van der Waals surface area contributed by atoms with Crippen LogP contribution in [0.15, 0.2) is 24.3 Å². The standard InChI is InChI=1S/C22H27N3O4/c1-6-25(16(4)18-9-7-17(13-23)8-10-18)21(26)20-14(2)19(15(3)24-20)22(27)29-12-11-28-5/h7-10,16,24H,6,11-12H2,1-5H3. The molecule has 2 aromatic rings. The Morgan fingerprint density at radius 3 is 2.41 bits per heavy atom. The number of ether oxygens (including phenoxy) is 2. The number of aromatic nitrogens is 1. The fraction of sp³-hybridized carbons (Fsp3) is 0.409. The highest BCUT2D eigenvalue weighted by atomic mass is 16.6. The number of benzene rings is 1. The van der Waals surface area contributed by atoms with Gasteiger partial charge in [-0.25, -0.2) is 4.79 Å². The summed E-state index contributed by atoms with van der Waals surface area (Å²) in [5.41, 5.74) is 3.42. The summed E-state index contributed by atoms with van der Waals surface area (Å²) >= 11 is 0. The molecule has 1 heterocycles. The maximum atomic E-state index is 13.3. The number of H-pyrrole nitrogens is 1. The summed E-state index contributed by atoms with van der Waals surface area (Å²) < 4.78 is 10.1. The number of hydrogen-bond donors (Lipinski definition) is 1. The molecule has 0 aliphatic carbocycles. The number of esters is 1. The molecule has 0 spiro atoms. The van der Waals surface area contributed by atoms with Crippen molar-refractivity contribution in [3.8, 4) is 6.07 Å². The lowest BCUT2D eigenvalue weighted by atomic mass is 10.0. The number of carbonyl (C=O) groups is 2. The Balaban J connectivity index is 2.28. The van der Waals surface area contributed by atoms with Crippen LogP contribution in [0.3, 0.4) is 0 Å². The van der Waals surface area contributed by atoms with Gasteiger partial charge in [-0.3, -0.25) is 4.79 Å². The van der Waals surface area contributed by atoms with E-state index in [4.69, 9.17) is 14.7 Å². The largest absolute Gasteiger partial charge is 0.460 e. The van der Waals surface area contributed by atoms with Gasteiger partial charge in [0, 0.05) is 19.3 Å². The van der Waals surface area contributed by atoms with Gasteiger partial charge in [-0.1, -0.05) is 12.1 Å². The van der Waals surface area contributed by atoms with Crippen molar-refractivity contribution in [1.82, 2.24) is 9.88 Å². The van der Waals surface area contributed by atoms with E-state index in [2.05, 4.69) is 11.1 Å². The van der Waals surface area contributed by atoms with Crippen molar-refractivity contribution in [2.75, 3.05) is 26.9 Å². The molecular formula is C22H27N3O4. The van der Waals surface area contributed by atoms with Crippen molar-refractivity contribution < 1.29 is 19.1 Å². The molecule has 0 saturated carbocycles. The molecule has 0 aliphatic rings. The second-order valence-corrected chi connectivity index (χ2v) is 6.75. The molecule has 0 aliphatic heterocycles. The first kappa shape index (κ1) is 22.2. The van der Waals surface area contributed by atoms with Crippen molar-refractivity contribution in [3.05, 3.63) is 57.9 Å². The number of nitrogens with zero attached hydrogens (tertiary/aromatic N) is 2. The second kappa shape index (κ2) is 9.89. The van der Waals surface area contributed by atoms with Crippen LogP contribution in [0, 0.1) is 25.2 Å². The molecule has 7 nitrogen and oxygen atoms in total. The molecule has 2 rings (SSSR count). The van der Waals surface area contributed by atoms with Gasteiger partial charge in [0.2, 0.25) is 0 Å². The van der Waals surface area contributed by atoms with Crippen molar-refractivity contribution >= 4 is 11.9 Å². The molecule has 29 heavy (non-hydrogen) atoms. The Labute approximate surface area is 171 Å². The van der Waals surface area contributed by atoms with E-state index in [0.29, 0.717) is 41.2 Å². The normalized spacial score (nSPS) is 11.6. The number of aryl methyl sites for hydroxylation is 1. The summed E-state index contributed by atoms with van der Waals surface area (Å²) in [6.45, 7) is 8.29. The van der Waals surface area contributed by atoms with E-state index in [9.17, 15) is 9.59 Å². The average Bonchev–Trinajstić information content (AvgIpc) is 3.02. The van der Waals surface area contributed by atoms with Gasteiger partial charge in [-0.2, -0.15) is 5.26 Å². The number of methoxy groups -OCH3 is 1. The zero-order chi connectivity index (χ0) is 21.6. The summed E-state index contributed by atoms with van der Waals surface area (Å²) in [5, 5.41) is 8.97. The van der Waals surface area contributed by atoms with Crippen molar-refractivity contribution in [3.63, 3.8) is 0 Å². The number of nitriles is 1. The monoisotopic (exact) mass is 397 g/mol. The van der Waals surface area contributed by atoms with Gasteiger partial charge in [0.25, 0.3) is 5.91 Å². The Kier molecular flexibility index (Phi) is 7.57. The molecule has 1 N–H and O–H groups in total. The van der Waals surface area contributed by atoms with Crippen LogP contribution in [0.2, 0.25) is 0 Å².